The van der Waals surface area contributed by atoms with Crippen LogP contribution >= 0.6 is 0 Å². The summed E-state index contributed by atoms with van der Waals surface area (Å²) in [5.41, 5.74) is 2.37. The third-order valence-electron chi connectivity index (χ3n) is 3.49. The second kappa shape index (κ2) is 6.58. The molecule has 0 spiro atoms. The van der Waals surface area contributed by atoms with Crippen molar-refractivity contribution in [3.63, 3.8) is 0 Å². The maximum atomic E-state index is 12.2. The number of halogens is 3. The largest absolute Gasteiger partial charge is 0.573 e. The second-order valence-corrected chi connectivity index (χ2v) is 5.71. The minimum absolute atomic E-state index is 0.128. The average molecular weight is 364 g/mol. The lowest BCUT2D eigenvalue weighted by molar-refractivity contribution is -0.274. The zero-order valence-corrected chi connectivity index (χ0v) is 13.9. The molecule has 0 aliphatic carbocycles. The fourth-order valence-electron chi connectivity index (χ4n) is 2.34. The standard InChI is InChI=1S/C17H15F3N4O2/c1-24(2)15(25)10-3-8-13-14(9-10)23-16(22-13)21-11-4-6-12(7-5-11)26-17(18,19)20/h3-9H,1-2H3,(H2,21,22,23). The van der Waals surface area contributed by atoms with Gasteiger partial charge in [0.1, 0.15) is 5.75 Å². The van der Waals surface area contributed by atoms with Crippen molar-refractivity contribution in [3.05, 3.63) is 48.0 Å². The minimum atomic E-state index is -4.73. The Kier molecular flexibility index (Phi) is 4.45. The molecule has 1 amide bonds. The van der Waals surface area contributed by atoms with Crippen LogP contribution in [0.15, 0.2) is 42.5 Å². The Balaban J connectivity index is 1.77. The van der Waals surface area contributed by atoms with Crippen LogP contribution in [-0.4, -0.2) is 41.2 Å². The summed E-state index contributed by atoms with van der Waals surface area (Å²) in [5.74, 6) is -0.0327. The first-order chi connectivity index (χ1) is 12.2. The number of alkyl halides is 3. The highest BCUT2D eigenvalue weighted by Crippen LogP contribution is 2.25. The molecule has 6 nitrogen and oxygen atoms in total. The monoisotopic (exact) mass is 364 g/mol. The maximum absolute atomic E-state index is 12.2. The number of aromatic nitrogens is 2. The number of carbonyl (C=O) groups is 1. The van der Waals surface area contributed by atoms with Gasteiger partial charge in [0.15, 0.2) is 0 Å². The Labute approximate surface area is 146 Å². The number of fused-ring (bicyclic) bond motifs is 1. The molecular weight excluding hydrogens is 349 g/mol. The molecule has 0 saturated carbocycles. The highest BCUT2D eigenvalue weighted by Gasteiger charge is 2.30. The third-order valence-corrected chi connectivity index (χ3v) is 3.49. The number of carbonyl (C=O) groups excluding carboxylic acids is 1. The number of hydrogen-bond acceptors (Lipinski definition) is 4. The molecule has 0 saturated heterocycles. The molecule has 136 valence electrons. The van der Waals surface area contributed by atoms with E-state index >= 15 is 0 Å². The molecule has 0 fully saturated rings. The molecule has 0 aliphatic heterocycles. The van der Waals surface area contributed by atoms with Crippen molar-refractivity contribution in [2.24, 2.45) is 0 Å². The summed E-state index contributed by atoms with van der Waals surface area (Å²) in [6, 6.07) is 10.4. The number of nitrogens with zero attached hydrogens (tertiary/aromatic N) is 2. The molecule has 0 unspecified atom stereocenters. The summed E-state index contributed by atoms with van der Waals surface area (Å²) < 4.78 is 40.3. The van der Waals surface area contributed by atoms with E-state index in [-0.39, 0.29) is 11.7 Å². The highest BCUT2D eigenvalue weighted by atomic mass is 19.4. The Hall–Kier alpha value is -3.23. The fraction of sp³-hybridized carbons (Fsp3) is 0.176. The van der Waals surface area contributed by atoms with Crippen molar-refractivity contribution in [1.82, 2.24) is 14.9 Å². The van der Waals surface area contributed by atoms with Crippen molar-refractivity contribution >= 4 is 28.6 Å². The van der Waals surface area contributed by atoms with Crippen LogP contribution in [0.2, 0.25) is 0 Å². The van der Waals surface area contributed by atoms with Gasteiger partial charge < -0.3 is 19.9 Å². The van der Waals surface area contributed by atoms with E-state index in [2.05, 4.69) is 20.0 Å². The zero-order chi connectivity index (χ0) is 18.9. The topological polar surface area (TPSA) is 70.2 Å². The lowest BCUT2D eigenvalue weighted by atomic mass is 10.2. The van der Waals surface area contributed by atoms with E-state index in [0.717, 1.165) is 0 Å². The van der Waals surface area contributed by atoms with Gasteiger partial charge in [-0.1, -0.05) is 0 Å². The lowest BCUT2D eigenvalue weighted by Crippen LogP contribution is -2.21. The number of rotatable bonds is 4. The number of imidazole rings is 1. The van der Waals surface area contributed by atoms with Crippen LogP contribution in [0, 0.1) is 0 Å². The number of aromatic amines is 1. The third kappa shape index (κ3) is 4.05. The van der Waals surface area contributed by atoms with Crippen LogP contribution in [0.5, 0.6) is 5.75 Å². The summed E-state index contributed by atoms with van der Waals surface area (Å²) in [5, 5.41) is 2.96. The van der Waals surface area contributed by atoms with Crippen molar-refractivity contribution in [1.29, 1.82) is 0 Å². The van der Waals surface area contributed by atoms with E-state index in [1.807, 2.05) is 0 Å². The van der Waals surface area contributed by atoms with Crippen LogP contribution in [0.1, 0.15) is 10.4 Å². The van der Waals surface area contributed by atoms with E-state index in [1.165, 1.54) is 29.2 Å². The maximum Gasteiger partial charge on any atom is 0.573 e. The quantitative estimate of drug-likeness (QED) is 0.737. The van der Waals surface area contributed by atoms with E-state index in [0.29, 0.717) is 28.2 Å². The first kappa shape index (κ1) is 17.6. The number of amides is 1. The first-order valence-corrected chi connectivity index (χ1v) is 7.55. The van der Waals surface area contributed by atoms with Crippen LogP contribution < -0.4 is 10.1 Å². The summed E-state index contributed by atoms with van der Waals surface area (Å²) in [4.78, 5) is 20.8. The van der Waals surface area contributed by atoms with Crippen LogP contribution in [0.4, 0.5) is 24.8 Å². The van der Waals surface area contributed by atoms with Gasteiger partial charge in [-0.15, -0.1) is 13.2 Å². The van der Waals surface area contributed by atoms with Crippen molar-refractivity contribution < 1.29 is 22.7 Å². The molecule has 2 N–H and O–H groups in total. The van der Waals surface area contributed by atoms with Gasteiger partial charge in [-0.05, 0) is 42.5 Å². The van der Waals surface area contributed by atoms with E-state index in [9.17, 15) is 18.0 Å². The molecule has 1 aromatic heterocycles. The number of anilines is 2. The molecule has 0 aliphatic rings. The van der Waals surface area contributed by atoms with Crippen LogP contribution in [-0.2, 0) is 0 Å². The van der Waals surface area contributed by atoms with Gasteiger partial charge in [-0.25, -0.2) is 4.98 Å². The van der Waals surface area contributed by atoms with E-state index < -0.39 is 6.36 Å². The van der Waals surface area contributed by atoms with Gasteiger partial charge >= 0.3 is 6.36 Å². The van der Waals surface area contributed by atoms with E-state index in [4.69, 9.17) is 0 Å². The van der Waals surface area contributed by atoms with Gasteiger partial charge in [0.05, 0.1) is 11.0 Å². The molecule has 3 rings (SSSR count). The van der Waals surface area contributed by atoms with Crippen molar-refractivity contribution in [2.45, 2.75) is 6.36 Å². The van der Waals surface area contributed by atoms with E-state index in [1.54, 1.807) is 32.3 Å². The molecule has 1 heterocycles. The number of nitrogens with one attached hydrogen (secondary N) is 2. The van der Waals surface area contributed by atoms with Crippen LogP contribution in [0.25, 0.3) is 11.0 Å². The van der Waals surface area contributed by atoms with Gasteiger partial charge in [0.2, 0.25) is 5.95 Å². The van der Waals surface area contributed by atoms with Gasteiger partial charge in [-0.2, -0.15) is 0 Å². The molecule has 26 heavy (non-hydrogen) atoms. The smallest absolute Gasteiger partial charge is 0.406 e. The molecule has 2 aromatic carbocycles. The SMILES string of the molecule is CN(C)C(=O)c1ccc2nc(Nc3ccc(OC(F)(F)F)cc3)[nH]c2c1. The van der Waals surface area contributed by atoms with Gasteiger partial charge in [-0.3, -0.25) is 4.79 Å². The average Bonchev–Trinajstić information content (AvgIpc) is 2.95. The first-order valence-electron chi connectivity index (χ1n) is 7.55. The summed E-state index contributed by atoms with van der Waals surface area (Å²) in [7, 11) is 3.33. The number of ether oxygens (including phenoxy) is 1. The number of H-pyrrole nitrogens is 1. The molecule has 0 radical (unpaired) electrons. The summed E-state index contributed by atoms with van der Waals surface area (Å²) >= 11 is 0. The minimum Gasteiger partial charge on any atom is -0.406 e. The summed E-state index contributed by atoms with van der Waals surface area (Å²) in [6.45, 7) is 0. The molecular formula is C17H15F3N4O2. The Bertz CT molecular complexity index is 933. The normalized spacial score (nSPS) is 11.4. The van der Waals surface area contributed by atoms with Gasteiger partial charge in [0, 0.05) is 25.3 Å². The summed E-state index contributed by atoms with van der Waals surface area (Å²) in [6.07, 6.45) is -4.73. The second-order valence-electron chi connectivity index (χ2n) is 5.71. The number of benzene rings is 2. The molecule has 0 bridgehead atoms. The Morgan fingerprint density at radius 1 is 1.15 bits per heavy atom. The van der Waals surface area contributed by atoms with Crippen LogP contribution in [0.3, 0.4) is 0 Å². The zero-order valence-electron chi connectivity index (χ0n) is 13.9. The lowest BCUT2D eigenvalue weighted by Gasteiger charge is -2.09. The fourth-order valence-corrected chi connectivity index (χ4v) is 2.34. The van der Waals surface area contributed by atoms with Crippen molar-refractivity contribution in [3.8, 4) is 5.75 Å². The highest BCUT2D eigenvalue weighted by molar-refractivity contribution is 5.97. The Morgan fingerprint density at radius 2 is 1.85 bits per heavy atom. The predicted molar refractivity (Wildman–Crippen MR) is 90.5 cm³/mol. The van der Waals surface area contributed by atoms with Gasteiger partial charge in [0.25, 0.3) is 5.91 Å². The predicted octanol–water partition coefficient (Wildman–Crippen LogP) is 3.91. The molecule has 9 heteroatoms. The molecule has 0 atom stereocenters. The van der Waals surface area contributed by atoms with Crippen molar-refractivity contribution in [2.75, 3.05) is 19.4 Å². The number of hydrogen-bond donors (Lipinski definition) is 2. The molecule has 3 aromatic rings. The Morgan fingerprint density at radius 3 is 2.46 bits per heavy atom.